The molecule has 0 radical (unpaired) electrons. The first kappa shape index (κ1) is 26.9. The average molecular weight is 522 g/mol. The van der Waals surface area contributed by atoms with Gasteiger partial charge in [-0.25, -0.2) is 0 Å². The Bertz CT molecular complexity index is 1660. The smallest absolute Gasteiger partial charge is 0.116 e. The van der Waals surface area contributed by atoms with E-state index in [-0.39, 0.29) is 0 Å². The Labute approximate surface area is 228 Å². The maximum atomic E-state index is 4.68. The van der Waals surface area contributed by atoms with Crippen LogP contribution in [0.2, 0.25) is 0 Å². The van der Waals surface area contributed by atoms with E-state index in [4.69, 9.17) is 0 Å². The molecule has 0 aliphatic rings. The van der Waals surface area contributed by atoms with Gasteiger partial charge in [-0.15, -0.1) is 11.3 Å². The van der Waals surface area contributed by atoms with Crippen molar-refractivity contribution in [3.8, 4) is 11.4 Å². The van der Waals surface area contributed by atoms with Gasteiger partial charge >= 0.3 is 0 Å². The molecule has 0 amide bonds. The van der Waals surface area contributed by atoms with Crippen molar-refractivity contribution in [3.63, 3.8) is 0 Å². The molecule has 4 heterocycles. The molecule has 0 saturated heterocycles. The van der Waals surface area contributed by atoms with E-state index < -0.39 is 0 Å². The summed E-state index contributed by atoms with van der Waals surface area (Å²) in [6, 6.07) is 8.82. The summed E-state index contributed by atoms with van der Waals surface area (Å²) in [5.74, 6) is 0. The number of hydrogen-bond donors (Lipinski definition) is 3. The van der Waals surface area contributed by atoms with E-state index in [2.05, 4.69) is 102 Å². The van der Waals surface area contributed by atoms with Crippen molar-refractivity contribution in [1.82, 2.24) is 20.2 Å². The van der Waals surface area contributed by atoms with Crippen molar-refractivity contribution >= 4 is 45.9 Å². The van der Waals surface area contributed by atoms with E-state index in [1.54, 1.807) is 11.3 Å². The van der Waals surface area contributed by atoms with Crippen molar-refractivity contribution in [2.45, 2.75) is 40.7 Å². The number of anilines is 1. The standard InChI is InChI=1S/C32H35N5S/c1-9-11-25(31-13-12-30(38-31)19(3)4)26-16-29(35-22(26)8)32-27(28(10-2)36-37-32)14-21(7)23-15-24(18-33-17-23)34-20(5)6/h9-18,20,34-36H,1,3,7H2,2,4-6,8H3/b25-11+,27-14+,28-10+. The molecule has 6 heteroatoms. The third kappa shape index (κ3) is 5.71. The van der Waals surface area contributed by atoms with E-state index in [9.17, 15) is 0 Å². The lowest BCUT2D eigenvalue weighted by Crippen LogP contribution is -2.23. The Balaban J connectivity index is 1.78. The summed E-state index contributed by atoms with van der Waals surface area (Å²) < 4.78 is 0. The predicted octanol–water partition coefficient (Wildman–Crippen LogP) is 6.94. The van der Waals surface area contributed by atoms with Crippen molar-refractivity contribution in [3.05, 3.63) is 106 Å². The summed E-state index contributed by atoms with van der Waals surface area (Å²) in [4.78, 5) is 10.3. The number of pyridine rings is 1. The maximum absolute atomic E-state index is 4.68. The fourth-order valence-corrected chi connectivity index (χ4v) is 5.29. The molecule has 4 aromatic rings. The molecule has 4 aromatic heterocycles. The van der Waals surface area contributed by atoms with Crippen LogP contribution in [-0.2, 0) is 0 Å². The molecule has 0 aliphatic heterocycles. The van der Waals surface area contributed by atoms with Gasteiger partial charge in [0.15, 0.2) is 0 Å². The molecule has 0 unspecified atom stereocenters. The van der Waals surface area contributed by atoms with Gasteiger partial charge in [0, 0.05) is 55.8 Å². The largest absolute Gasteiger partial charge is 0.382 e. The highest BCUT2D eigenvalue weighted by molar-refractivity contribution is 7.14. The van der Waals surface area contributed by atoms with E-state index in [0.717, 1.165) is 61.2 Å². The summed E-state index contributed by atoms with van der Waals surface area (Å²) in [6.07, 6.45) is 11.6. The molecule has 0 spiro atoms. The van der Waals surface area contributed by atoms with Gasteiger partial charge in [0.25, 0.3) is 0 Å². The quantitative estimate of drug-likeness (QED) is 0.209. The van der Waals surface area contributed by atoms with Gasteiger partial charge < -0.3 is 10.3 Å². The lowest BCUT2D eigenvalue weighted by Gasteiger charge is -2.10. The lowest BCUT2D eigenvalue weighted by atomic mass is 10.0. The number of aromatic nitrogens is 4. The highest BCUT2D eigenvalue weighted by atomic mass is 32.1. The summed E-state index contributed by atoms with van der Waals surface area (Å²) in [5.41, 5.74) is 8.90. The summed E-state index contributed by atoms with van der Waals surface area (Å²) in [7, 11) is 0. The maximum Gasteiger partial charge on any atom is 0.116 e. The van der Waals surface area contributed by atoms with Crippen LogP contribution in [0.3, 0.4) is 0 Å². The number of allylic oxidation sites excluding steroid dienone is 4. The Kier molecular flexibility index (Phi) is 8.13. The molecule has 0 atom stereocenters. The summed E-state index contributed by atoms with van der Waals surface area (Å²) >= 11 is 1.73. The molecule has 0 aliphatic carbocycles. The molecule has 0 bridgehead atoms. The van der Waals surface area contributed by atoms with E-state index in [1.807, 2.05) is 38.4 Å². The molecule has 0 saturated carbocycles. The molecule has 5 nitrogen and oxygen atoms in total. The number of rotatable bonds is 9. The van der Waals surface area contributed by atoms with Crippen LogP contribution in [0.1, 0.15) is 54.3 Å². The van der Waals surface area contributed by atoms with Crippen LogP contribution < -0.4 is 15.9 Å². The second-order valence-electron chi connectivity index (χ2n) is 9.60. The molecule has 194 valence electrons. The van der Waals surface area contributed by atoms with Crippen molar-refractivity contribution in [2.75, 3.05) is 5.32 Å². The van der Waals surface area contributed by atoms with Gasteiger partial charge in [0.1, 0.15) is 5.69 Å². The minimum Gasteiger partial charge on any atom is -0.382 e. The molecule has 3 N–H and O–H groups in total. The van der Waals surface area contributed by atoms with Crippen LogP contribution in [-0.4, -0.2) is 26.2 Å². The van der Waals surface area contributed by atoms with Crippen molar-refractivity contribution in [1.29, 1.82) is 0 Å². The molecule has 38 heavy (non-hydrogen) atoms. The van der Waals surface area contributed by atoms with Gasteiger partial charge in [-0.1, -0.05) is 38.0 Å². The Morgan fingerprint density at radius 3 is 2.55 bits per heavy atom. The minimum absolute atomic E-state index is 0.318. The zero-order valence-electron chi connectivity index (χ0n) is 22.8. The van der Waals surface area contributed by atoms with Crippen LogP contribution in [0.15, 0.2) is 68.5 Å². The van der Waals surface area contributed by atoms with Crippen LogP contribution in [0.5, 0.6) is 0 Å². The van der Waals surface area contributed by atoms with E-state index >= 15 is 0 Å². The van der Waals surface area contributed by atoms with Crippen molar-refractivity contribution in [2.24, 2.45) is 0 Å². The Morgan fingerprint density at radius 2 is 1.89 bits per heavy atom. The highest BCUT2D eigenvalue weighted by Crippen LogP contribution is 2.35. The Morgan fingerprint density at radius 1 is 1.13 bits per heavy atom. The van der Waals surface area contributed by atoms with Gasteiger partial charge in [0.2, 0.25) is 0 Å². The Hall–Kier alpha value is -4.16. The number of hydrogen-bond acceptors (Lipinski definition) is 4. The predicted molar refractivity (Wildman–Crippen MR) is 165 cm³/mol. The van der Waals surface area contributed by atoms with Crippen molar-refractivity contribution < 1.29 is 0 Å². The SMILES string of the molecule is C=C/C=C(/c1ccc(C(=C)C)s1)c1cc(-c2n[nH]c(=C/C)/c2=C\C(=C)c2cncc(NC(C)C)c2)[nH]c1C. The second-order valence-corrected chi connectivity index (χ2v) is 10.7. The highest BCUT2D eigenvalue weighted by Gasteiger charge is 2.16. The molecular formula is C32H35N5S. The van der Waals surface area contributed by atoms with E-state index in [0.29, 0.717) is 6.04 Å². The number of H-pyrrole nitrogens is 2. The third-order valence-electron chi connectivity index (χ3n) is 6.14. The molecular weight excluding hydrogens is 486 g/mol. The van der Waals surface area contributed by atoms with Crippen LogP contribution >= 0.6 is 11.3 Å². The molecule has 0 aromatic carbocycles. The van der Waals surface area contributed by atoms with Gasteiger partial charge in [-0.2, -0.15) is 5.10 Å². The number of aromatic amines is 2. The first-order valence-electron chi connectivity index (χ1n) is 12.6. The van der Waals surface area contributed by atoms with Crippen LogP contribution in [0.25, 0.3) is 40.3 Å². The zero-order valence-corrected chi connectivity index (χ0v) is 23.6. The first-order chi connectivity index (χ1) is 18.2. The number of nitrogens with zero attached hydrogens (tertiary/aromatic N) is 2. The molecule has 0 fully saturated rings. The lowest BCUT2D eigenvalue weighted by molar-refractivity contribution is 0.897. The third-order valence-corrected chi connectivity index (χ3v) is 7.42. The summed E-state index contributed by atoms with van der Waals surface area (Å²) in [5, 5.41) is 13.2. The monoisotopic (exact) mass is 521 g/mol. The average Bonchev–Trinajstić information content (AvgIpc) is 3.61. The van der Waals surface area contributed by atoms with E-state index in [1.165, 1.54) is 9.75 Å². The summed E-state index contributed by atoms with van der Waals surface area (Å²) in [6.45, 7) is 22.7. The van der Waals surface area contributed by atoms with Crippen LogP contribution in [0, 0.1) is 6.92 Å². The topological polar surface area (TPSA) is 69.4 Å². The van der Waals surface area contributed by atoms with Gasteiger partial charge in [0.05, 0.1) is 16.7 Å². The normalized spacial score (nSPS) is 12.8. The number of thiophene rings is 1. The number of aryl methyl sites for hydroxylation is 1. The second kappa shape index (κ2) is 11.5. The first-order valence-corrected chi connectivity index (χ1v) is 13.5. The van der Waals surface area contributed by atoms with Gasteiger partial charge in [-0.05, 0) is 76.1 Å². The number of nitrogens with one attached hydrogen (secondary N) is 3. The fourth-order valence-electron chi connectivity index (χ4n) is 4.32. The fraction of sp³-hybridized carbons (Fsp3) is 0.188. The van der Waals surface area contributed by atoms with Gasteiger partial charge in [-0.3, -0.25) is 10.1 Å². The van der Waals surface area contributed by atoms with Crippen LogP contribution in [0.4, 0.5) is 5.69 Å². The minimum atomic E-state index is 0.318. The zero-order chi connectivity index (χ0) is 27.4. The molecule has 4 rings (SSSR count).